The average molecular weight is 453 g/mol. The normalized spacial score (nSPS) is 12.5. The first-order valence-corrected chi connectivity index (χ1v) is 8.22. The summed E-state index contributed by atoms with van der Waals surface area (Å²) >= 11 is 16.8. The SMILES string of the molecule is Cc1cc(Cl)ccc1C(Br)c1cc(Br)ccc1Br. The average Bonchev–Trinajstić information content (AvgIpc) is 2.31. The Kier molecular flexibility index (Phi) is 4.92. The predicted molar refractivity (Wildman–Crippen MR) is 88.8 cm³/mol. The van der Waals surface area contributed by atoms with Gasteiger partial charge in [0, 0.05) is 14.0 Å². The maximum absolute atomic E-state index is 5.99. The smallest absolute Gasteiger partial charge is 0.0658 e. The molecule has 2 rings (SSSR count). The summed E-state index contributed by atoms with van der Waals surface area (Å²) in [5, 5.41) is 0.768. The number of halogens is 4. The van der Waals surface area contributed by atoms with E-state index in [1.54, 1.807) is 0 Å². The fourth-order valence-electron chi connectivity index (χ4n) is 1.80. The summed E-state index contributed by atoms with van der Waals surface area (Å²) in [6, 6.07) is 12.1. The maximum atomic E-state index is 5.99. The Morgan fingerprint density at radius 1 is 1.00 bits per heavy atom. The first-order valence-electron chi connectivity index (χ1n) is 5.34. The van der Waals surface area contributed by atoms with Gasteiger partial charge >= 0.3 is 0 Å². The van der Waals surface area contributed by atoms with Gasteiger partial charge in [-0.25, -0.2) is 0 Å². The molecule has 0 fully saturated rings. The van der Waals surface area contributed by atoms with Gasteiger partial charge in [-0.3, -0.25) is 0 Å². The Balaban J connectivity index is 2.47. The molecule has 94 valence electrons. The lowest BCUT2D eigenvalue weighted by Crippen LogP contribution is -1.97. The van der Waals surface area contributed by atoms with Crippen LogP contribution in [0.3, 0.4) is 0 Å². The molecule has 0 N–H and O–H groups in total. The Labute approximate surface area is 137 Å². The molecule has 1 atom stereocenters. The van der Waals surface area contributed by atoms with Crippen LogP contribution in [0.25, 0.3) is 0 Å². The maximum Gasteiger partial charge on any atom is 0.0658 e. The number of aryl methyl sites for hydroxylation is 1. The molecule has 0 aliphatic rings. The molecule has 0 radical (unpaired) electrons. The van der Waals surface area contributed by atoms with Crippen LogP contribution in [0.2, 0.25) is 5.02 Å². The second-order valence-corrected chi connectivity index (χ2v) is 7.15. The van der Waals surface area contributed by atoms with Gasteiger partial charge in [0.15, 0.2) is 0 Å². The number of hydrogen-bond donors (Lipinski definition) is 0. The van der Waals surface area contributed by atoms with Crippen molar-refractivity contribution >= 4 is 59.4 Å². The minimum atomic E-state index is 0.140. The molecule has 18 heavy (non-hydrogen) atoms. The Morgan fingerprint density at radius 3 is 2.39 bits per heavy atom. The van der Waals surface area contributed by atoms with Crippen LogP contribution in [0.1, 0.15) is 21.5 Å². The molecule has 0 aliphatic carbocycles. The quantitative estimate of drug-likeness (QED) is 0.446. The topological polar surface area (TPSA) is 0 Å². The van der Waals surface area contributed by atoms with E-state index in [9.17, 15) is 0 Å². The lowest BCUT2D eigenvalue weighted by atomic mass is 10.0. The molecule has 1 unspecified atom stereocenters. The van der Waals surface area contributed by atoms with Crippen molar-refractivity contribution in [3.8, 4) is 0 Å². The van der Waals surface area contributed by atoms with Crippen molar-refractivity contribution < 1.29 is 0 Å². The highest BCUT2D eigenvalue weighted by molar-refractivity contribution is 9.11. The summed E-state index contributed by atoms with van der Waals surface area (Å²) in [4.78, 5) is 0.140. The third-order valence-electron chi connectivity index (χ3n) is 2.74. The lowest BCUT2D eigenvalue weighted by Gasteiger charge is -2.16. The number of rotatable bonds is 2. The van der Waals surface area contributed by atoms with Gasteiger partial charge in [-0.2, -0.15) is 0 Å². The zero-order valence-electron chi connectivity index (χ0n) is 9.55. The minimum absolute atomic E-state index is 0.140. The molecule has 0 nitrogen and oxygen atoms in total. The molecule has 0 saturated heterocycles. The van der Waals surface area contributed by atoms with Crippen LogP contribution < -0.4 is 0 Å². The van der Waals surface area contributed by atoms with Gasteiger partial charge in [0.2, 0.25) is 0 Å². The number of alkyl halides is 1. The van der Waals surface area contributed by atoms with Crippen molar-refractivity contribution in [2.45, 2.75) is 11.8 Å². The summed E-state index contributed by atoms with van der Waals surface area (Å²) < 4.78 is 2.15. The summed E-state index contributed by atoms with van der Waals surface area (Å²) in [6.45, 7) is 2.07. The van der Waals surface area contributed by atoms with E-state index in [1.807, 2.05) is 24.3 Å². The van der Waals surface area contributed by atoms with Gasteiger partial charge in [-0.15, -0.1) is 0 Å². The van der Waals surface area contributed by atoms with Crippen molar-refractivity contribution in [1.82, 2.24) is 0 Å². The zero-order chi connectivity index (χ0) is 13.3. The van der Waals surface area contributed by atoms with E-state index in [1.165, 1.54) is 16.7 Å². The number of benzene rings is 2. The van der Waals surface area contributed by atoms with Crippen LogP contribution in [-0.4, -0.2) is 0 Å². The van der Waals surface area contributed by atoms with Gasteiger partial charge in [-0.1, -0.05) is 65.5 Å². The molecule has 0 spiro atoms. The van der Waals surface area contributed by atoms with E-state index in [-0.39, 0.29) is 4.83 Å². The van der Waals surface area contributed by atoms with Crippen LogP contribution in [-0.2, 0) is 0 Å². The molecule has 0 saturated carbocycles. The van der Waals surface area contributed by atoms with E-state index in [4.69, 9.17) is 11.6 Å². The first kappa shape index (κ1) is 14.6. The van der Waals surface area contributed by atoms with Gasteiger partial charge in [0.1, 0.15) is 0 Å². The molecule has 0 heterocycles. The van der Waals surface area contributed by atoms with E-state index in [0.717, 1.165) is 14.0 Å². The van der Waals surface area contributed by atoms with E-state index < -0.39 is 0 Å². The summed E-state index contributed by atoms with van der Waals surface area (Å²) in [7, 11) is 0. The summed E-state index contributed by atoms with van der Waals surface area (Å²) in [5.74, 6) is 0. The highest BCUT2D eigenvalue weighted by Crippen LogP contribution is 2.38. The van der Waals surface area contributed by atoms with Crippen LogP contribution in [0.15, 0.2) is 45.3 Å². The molecule has 2 aromatic rings. The monoisotopic (exact) mass is 450 g/mol. The molecule has 0 aliphatic heterocycles. The predicted octanol–water partition coefficient (Wildman–Crippen LogP) is 6.66. The first-order chi connectivity index (χ1) is 8.49. The van der Waals surface area contributed by atoms with Gasteiger partial charge in [0.25, 0.3) is 0 Å². The second kappa shape index (κ2) is 6.08. The number of hydrogen-bond acceptors (Lipinski definition) is 0. The Morgan fingerprint density at radius 2 is 1.72 bits per heavy atom. The van der Waals surface area contributed by atoms with Crippen LogP contribution in [0.4, 0.5) is 0 Å². The van der Waals surface area contributed by atoms with Crippen LogP contribution in [0, 0.1) is 6.92 Å². The van der Waals surface area contributed by atoms with Crippen LogP contribution in [0.5, 0.6) is 0 Å². The van der Waals surface area contributed by atoms with Gasteiger partial charge in [0.05, 0.1) is 4.83 Å². The molecule has 0 amide bonds. The van der Waals surface area contributed by atoms with Crippen molar-refractivity contribution in [3.05, 3.63) is 67.1 Å². The van der Waals surface area contributed by atoms with E-state index >= 15 is 0 Å². The Hall–Kier alpha value is 0.170. The van der Waals surface area contributed by atoms with E-state index in [2.05, 4.69) is 66.8 Å². The van der Waals surface area contributed by atoms with Crippen molar-refractivity contribution in [2.75, 3.05) is 0 Å². The van der Waals surface area contributed by atoms with Gasteiger partial charge < -0.3 is 0 Å². The minimum Gasteiger partial charge on any atom is -0.0843 e. The third-order valence-corrected chi connectivity index (χ3v) is 5.17. The lowest BCUT2D eigenvalue weighted by molar-refractivity contribution is 1.13. The summed E-state index contributed by atoms with van der Waals surface area (Å²) in [5.41, 5.74) is 3.59. The summed E-state index contributed by atoms with van der Waals surface area (Å²) in [6.07, 6.45) is 0. The third kappa shape index (κ3) is 3.19. The second-order valence-electron chi connectivity index (χ2n) is 4.03. The molecule has 0 bridgehead atoms. The Bertz CT molecular complexity index is 581. The fourth-order valence-corrected chi connectivity index (χ4v) is 4.08. The molecule has 0 aromatic heterocycles. The van der Waals surface area contributed by atoms with Crippen molar-refractivity contribution in [3.63, 3.8) is 0 Å². The molecule has 2 aromatic carbocycles. The van der Waals surface area contributed by atoms with Crippen molar-refractivity contribution in [1.29, 1.82) is 0 Å². The largest absolute Gasteiger partial charge is 0.0843 e. The molecular weight excluding hydrogens is 443 g/mol. The van der Waals surface area contributed by atoms with Gasteiger partial charge in [-0.05, 0) is 53.9 Å². The fraction of sp³-hybridized carbons (Fsp3) is 0.143. The molecular formula is C14H10Br3Cl. The highest BCUT2D eigenvalue weighted by Gasteiger charge is 2.16. The standard InChI is InChI=1S/C14H10Br3Cl/c1-8-6-10(18)3-4-11(8)14(17)12-7-9(15)2-5-13(12)16/h2-7,14H,1H3. The molecule has 4 heteroatoms. The van der Waals surface area contributed by atoms with Crippen LogP contribution >= 0.6 is 59.4 Å². The van der Waals surface area contributed by atoms with E-state index in [0.29, 0.717) is 0 Å². The highest BCUT2D eigenvalue weighted by atomic mass is 79.9. The zero-order valence-corrected chi connectivity index (χ0v) is 15.1. The van der Waals surface area contributed by atoms with Crippen molar-refractivity contribution in [2.24, 2.45) is 0 Å².